The molecule has 5 nitrogen and oxygen atoms in total. The predicted octanol–water partition coefficient (Wildman–Crippen LogP) is 0.979. The van der Waals surface area contributed by atoms with Gasteiger partial charge in [-0.2, -0.15) is 4.31 Å². The second-order valence-corrected chi connectivity index (χ2v) is 6.83. The Hall–Kier alpha value is -1.47. The lowest BCUT2D eigenvalue weighted by Crippen LogP contribution is -2.42. The standard InChI is InChI=1S/C13H17FN2O3S/c1-20(18,19)16-7-3-6-12(16)9-15-13(17)10-4-2-5-11(14)8-10/h2,4-5,8,12H,3,6-7,9H2,1H3,(H,15,17). The zero-order chi connectivity index (χ0) is 14.8. The number of nitrogens with one attached hydrogen (secondary N) is 1. The number of hydrogen-bond acceptors (Lipinski definition) is 3. The molecule has 20 heavy (non-hydrogen) atoms. The maximum absolute atomic E-state index is 13.0. The van der Waals surface area contributed by atoms with Crippen molar-refractivity contribution in [2.75, 3.05) is 19.3 Å². The summed E-state index contributed by atoms with van der Waals surface area (Å²) >= 11 is 0. The Morgan fingerprint density at radius 2 is 2.25 bits per heavy atom. The molecule has 1 N–H and O–H groups in total. The Morgan fingerprint density at radius 3 is 2.90 bits per heavy atom. The molecule has 1 unspecified atom stereocenters. The van der Waals surface area contributed by atoms with Crippen molar-refractivity contribution in [2.24, 2.45) is 0 Å². The van der Waals surface area contributed by atoms with E-state index in [2.05, 4.69) is 5.32 Å². The van der Waals surface area contributed by atoms with E-state index in [1.54, 1.807) is 0 Å². The zero-order valence-corrected chi connectivity index (χ0v) is 12.0. The van der Waals surface area contributed by atoms with Crippen LogP contribution in [0.4, 0.5) is 4.39 Å². The van der Waals surface area contributed by atoms with Crippen LogP contribution in [-0.4, -0.2) is 44.0 Å². The van der Waals surface area contributed by atoms with Crippen molar-refractivity contribution in [3.63, 3.8) is 0 Å². The second kappa shape index (κ2) is 5.88. The molecule has 0 bridgehead atoms. The first-order valence-electron chi connectivity index (χ1n) is 6.38. The van der Waals surface area contributed by atoms with Crippen molar-refractivity contribution in [1.29, 1.82) is 0 Å². The van der Waals surface area contributed by atoms with Crippen molar-refractivity contribution in [3.05, 3.63) is 35.6 Å². The maximum Gasteiger partial charge on any atom is 0.251 e. The molecule has 1 aliphatic heterocycles. The van der Waals surface area contributed by atoms with E-state index in [1.165, 1.54) is 28.8 Å². The first kappa shape index (κ1) is 14.9. The molecule has 2 rings (SSSR count). The molecular formula is C13H17FN2O3S. The summed E-state index contributed by atoms with van der Waals surface area (Å²) in [6.45, 7) is 0.724. The van der Waals surface area contributed by atoms with Crippen LogP contribution in [0.25, 0.3) is 0 Å². The molecule has 1 aliphatic rings. The number of carbonyl (C=O) groups excluding carboxylic acids is 1. The number of rotatable bonds is 4. The highest BCUT2D eigenvalue weighted by Gasteiger charge is 2.31. The van der Waals surface area contributed by atoms with Crippen LogP contribution in [-0.2, 0) is 10.0 Å². The summed E-state index contributed by atoms with van der Waals surface area (Å²) in [7, 11) is -3.25. The molecule has 7 heteroatoms. The van der Waals surface area contributed by atoms with Gasteiger partial charge in [-0.05, 0) is 31.0 Å². The maximum atomic E-state index is 13.0. The molecule has 0 aromatic heterocycles. The largest absolute Gasteiger partial charge is 0.350 e. The van der Waals surface area contributed by atoms with Crippen LogP contribution < -0.4 is 5.32 Å². The third-order valence-electron chi connectivity index (χ3n) is 3.33. The van der Waals surface area contributed by atoms with Crippen molar-refractivity contribution < 1.29 is 17.6 Å². The number of sulfonamides is 1. The van der Waals surface area contributed by atoms with Crippen LogP contribution in [0, 0.1) is 5.82 Å². The Bertz CT molecular complexity index is 603. The lowest BCUT2D eigenvalue weighted by Gasteiger charge is -2.22. The van der Waals surface area contributed by atoms with Crippen LogP contribution >= 0.6 is 0 Å². The monoisotopic (exact) mass is 300 g/mol. The summed E-state index contributed by atoms with van der Waals surface area (Å²) < 4.78 is 37.6. The molecule has 1 aromatic rings. The molecule has 110 valence electrons. The topological polar surface area (TPSA) is 66.5 Å². The SMILES string of the molecule is CS(=O)(=O)N1CCCC1CNC(=O)c1cccc(F)c1. The molecule has 1 saturated heterocycles. The van der Waals surface area contributed by atoms with E-state index in [9.17, 15) is 17.6 Å². The average Bonchev–Trinajstić information content (AvgIpc) is 2.84. The molecule has 1 heterocycles. The fourth-order valence-corrected chi connectivity index (χ4v) is 3.57. The summed E-state index contributed by atoms with van der Waals surface area (Å²) in [4.78, 5) is 11.9. The fourth-order valence-electron chi connectivity index (χ4n) is 2.39. The number of amides is 1. The second-order valence-electron chi connectivity index (χ2n) is 4.89. The molecule has 1 atom stereocenters. The van der Waals surface area contributed by atoms with Crippen molar-refractivity contribution in [2.45, 2.75) is 18.9 Å². The summed E-state index contributed by atoms with van der Waals surface area (Å²) in [5.74, 6) is -0.874. The first-order chi connectivity index (χ1) is 9.38. The molecule has 0 aliphatic carbocycles. The van der Waals surface area contributed by atoms with Crippen molar-refractivity contribution in [3.8, 4) is 0 Å². The molecule has 0 radical (unpaired) electrons. The Kier molecular flexibility index (Phi) is 4.39. The van der Waals surface area contributed by atoms with Gasteiger partial charge in [0.05, 0.1) is 6.26 Å². The van der Waals surface area contributed by atoms with Crippen molar-refractivity contribution in [1.82, 2.24) is 9.62 Å². The number of carbonyl (C=O) groups is 1. The summed E-state index contributed by atoms with van der Waals surface area (Å²) in [6, 6.07) is 5.17. The van der Waals surface area contributed by atoms with Gasteiger partial charge < -0.3 is 5.32 Å². The summed E-state index contributed by atoms with van der Waals surface area (Å²) in [5.41, 5.74) is 0.230. The third-order valence-corrected chi connectivity index (χ3v) is 4.67. The molecule has 1 fully saturated rings. The van der Waals surface area contributed by atoms with Gasteiger partial charge in [0.1, 0.15) is 5.82 Å². The van der Waals surface area contributed by atoms with Gasteiger partial charge >= 0.3 is 0 Å². The molecular weight excluding hydrogens is 283 g/mol. The number of hydrogen-bond donors (Lipinski definition) is 1. The first-order valence-corrected chi connectivity index (χ1v) is 8.23. The Balaban J connectivity index is 1.97. The molecule has 0 spiro atoms. The van der Waals surface area contributed by atoms with Gasteiger partial charge in [0, 0.05) is 24.7 Å². The van der Waals surface area contributed by atoms with Crippen LogP contribution in [0.15, 0.2) is 24.3 Å². The minimum absolute atomic E-state index is 0.220. The molecule has 0 saturated carbocycles. The van der Waals surface area contributed by atoms with Gasteiger partial charge in [-0.25, -0.2) is 12.8 Å². The highest BCUT2D eigenvalue weighted by molar-refractivity contribution is 7.88. The predicted molar refractivity (Wildman–Crippen MR) is 73.3 cm³/mol. The quantitative estimate of drug-likeness (QED) is 0.901. The van der Waals surface area contributed by atoms with E-state index >= 15 is 0 Å². The van der Waals surface area contributed by atoms with Crippen LogP contribution in [0.2, 0.25) is 0 Å². The smallest absolute Gasteiger partial charge is 0.251 e. The number of nitrogens with zero attached hydrogens (tertiary/aromatic N) is 1. The zero-order valence-electron chi connectivity index (χ0n) is 11.2. The van der Waals surface area contributed by atoms with E-state index in [4.69, 9.17) is 0 Å². The molecule has 1 amide bonds. The number of halogens is 1. The van der Waals surface area contributed by atoms with E-state index in [-0.39, 0.29) is 18.2 Å². The lowest BCUT2D eigenvalue weighted by atomic mass is 10.2. The van der Waals surface area contributed by atoms with Crippen LogP contribution in [0.1, 0.15) is 23.2 Å². The Morgan fingerprint density at radius 1 is 1.50 bits per heavy atom. The third kappa shape index (κ3) is 3.55. The van der Waals surface area contributed by atoms with E-state index in [0.717, 1.165) is 18.9 Å². The van der Waals surface area contributed by atoms with Gasteiger partial charge in [0.15, 0.2) is 0 Å². The van der Waals surface area contributed by atoms with Gasteiger partial charge in [-0.1, -0.05) is 6.07 Å². The lowest BCUT2D eigenvalue weighted by molar-refractivity contribution is 0.0946. The van der Waals surface area contributed by atoms with E-state index < -0.39 is 21.7 Å². The molecule has 1 aromatic carbocycles. The van der Waals surface area contributed by atoms with E-state index in [1.807, 2.05) is 0 Å². The highest BCUT2D eigenvalue weighted by Crippen LogP contribution is 2.19. The van der Waals surface area contributed by atoms with Gasteiger partial charge in [-0.3, -0.25) is 4.79 Å². The van der Waals surface area contributed by atoms with Crippen LogP contribution in [0.5, 0.6) is 0 Å². The summed E-state index contributed by atoms with van der Waals surface area (Å²) in [6.07, 6.45) is 2.67. The normalized spacial score (nSPS) is 20.0. The fraction of sp³-hybridized carbons (Fsp3) is 0.462. The average molecular weight is 300 g/mol. The van der Waals surface area contributed by atoms with Gasteiger partial charge in [0.2, 0.25) is 10.0 Å². The summed E-state index contributed by atoms with van der Waals surface area (Å²) in [5, 5.41) is 2.66. The minimum atomic E-state index is -3.25. The van der Waals surface area contributed by atoms with Gasteiger partial charge in [-0.15, -0.1) is 0 Å². The van der Waals surface area contributed by atoms with Crippen molar-refractivity contribution >= 4 is 15.9 Å². The van der Waals surface area contributed by atoms with Crippen LogP contribution in [0.3, 0.4) is 0 Å². The van der Waals surface area contributed by atoms with Gasteiger partial charge in [0.25, 0.3) is 5.91 Å². The number of benzene rings is 1. The minimum Gasteiger partial charge on any atom is -0.350 e. The highest BCUT2D eigenvalue weighted by atomic mass is 32.2. The van der Waals surface area contributed by atoms with E-state index in [0.29, 0.717) is 6.54 Å². The Labute approximate surface area is 117 Å².